The molecule has 3 aliphatic rings. The average Bonchev–Trinajstić information content (AvgIpc) is 2.62. The monoisotopic (exact) mass is 284 g/mol. The average molecular weight is 284 g/mol. The van der Waals surface area contributed by atoms with Crippen molar-refractivity contribution in [2.24, 2.45) is 11.8 Å². The van der Waals surface area contributed by atoms with Crippen LogP contribution in [0.2, 0.25) is 0 Å². The Morgan fingerprint density at radius 2 is 2.05 bits per heavy atom. The van der Waals surface area contributed by atoms with Crippen LogP contribution in [0.15, 0.2) is 48.3 Å². The van der Waals surface area contributed by atoms with Crippen LogP contribution in [0, 0.1) is 11.8 Å². The van der Waals surface area contributed by atoms with Crippen LogP contribution in [0.4, 0.5) is 4.39 Å². The van der Waals surface area contributed by atoms with E-state index in [0.717, 1.165) is 6.42 Å². The Labute approximate surface area is 123 Å². The van der Waals surface area contributed by atoms with E-state index in [-0.39, 0.29) is 42.1 Å². The predicted octanol–water partition coefficient (Wildman–Crippen LogP) is 3.34. The third kappa shape index (κ3) is 2.16. The zero-order valence-corrected chi connectivity index (χ0v) is 11.7. The fourth-order valence-corrected chi connectivity index (χ4v) is 3.98. The molecular weight excluding hydrogens is 267 g/mol. The first kappa shape index (κ1) is 13.0. The Morgan fingerprint density at radius 1 is 1.19 bits per heavy atom. The summed E-state index contributed by atoms with van der Waals surface area (Å²) in [5.41, 5.74) is 2.46. The summed E-state index contributed by atoms with van der Waals surface area (Å²) in [5, 5.41) is 0. The number of rotatable bonds is 0. The van der Waals surface area contributed by atoms with E-state index < -0.39 is 0 Å². The van der Waals surface area contributed by atoms with Gasteiger partial charge in [-0.3, -0.25) is 4.79 Å². The molecule has 3 heteroatoms. The lowest BCUT2D eigenvalue weighted by molar-refractivity contribution is -0.135. The summed E-state index contributed by atoms with van der Waals surface area (Å²) >= 11 is 0. The zero-order valence-electron chi connectivity index (χ0n) is 11.7. The number of ketones is 1. The Hall–Kier alpha value is -1.74. The number of carbonyl (C=O) groups excluding carboxylic acids is 1. The van der Waals surface area contributed by atoms with Crippen LogP contribution in [0.5, 0.6) is 0 Å². The first-order valence-corrected chi connectivity index (χ1v) is 7.49. The molecule has 0 N–H and O–H groups in total. The van der Waals surface area contributed by atoms with Gasteiger partial charge in [0.05, 0.1) is 6.10 Å². The molecule has 1 aromatic carbocycles. The molecular formula is C18H17FO2. The van der Waals surface area contributed by atoms with Crippen molar-refractivity contribution in [2.75, 3.05) is 6.61 Å². The quantitative estimate of drug-likeness (QED) is 0.730. The van der Waals surface area contributed by atoms with Crippen LogP contribution in [0.1, 0.15) is 23.5 Å². The lowest BCUT2D eigenvalue weighted by atomic mass is 9.77. The normalized spacial score (nSPS) is 34.3. The van der Waals surface area contributed by atoms with Gasteiger partial charge in [0.2, 0.25) is 0 Å². The van der Waals surface area contributed by atoms with E-state index in [1.54, 1.807) is 12.2 Å². The van der Waals surface area contributed by atoms with Crippen molar-refractivity contribution in [3.05, 3.63) is 59.4 Å². The second-order valence-electron chi connectivity index (χ2n) is 6.18. The van der Waals surface area contributed by atoms with Gasteiger partial charge in [0, 0.05) is 18.3 Å². The van der Waals surface area contributed by atoms with Gasteiger partial charge in [0.1, 0.15) is 12.4 Å². The van der Waals surface area contributed by atoms with Crippen molar-refractivity contribution in [2.45, 2.75) is 24.9 Å². The maximum Gasteiger partial charge on any atom is 0.159 e. The Kier molecular flexibility index (Phi) is 3.03. The first-order valence-electron chi connectivity index (χ1n) is 7.49. The van der Waals surface area contributed by atoms with E-state index in [1.807, 2.05) is 18.2 Å². The Morgan fingerprint density at radius 3 is 2.95 bits per heavy atom. The maximum absolute atomic E-state index is 13.7. The molecule has 0 bridgehead atoms. The highest BCUT2D eigenvalue weighted by atomic mass is 19.1. The van der Waals surface area contributed by atoms with Gasteiger partial charge in [-0.05, 0) is 35.6 Å². The minimum Gasteiger partial charge on any atom is -0.369 e. The lowest BCUT2D eigenvalue weighted by Gasteiger charge is -2.36. The van der Waals surface area contributed by atoms with E-state index in [0.29, 0.717) is 6.42 Å². The van der Waals surface area contributed by atoms with Crippen molar-refractivity contribution in [1.29, 1.82) is 0 Å². The number of allylic oxidation sites excluding steroid dienone is 3. The molecule has 0 aromatic heterocycles. The van der Waals surface area contributed by atoms with Crippen molar-refractivity contribution in [1.82, 2.24) is 0 Å². The molecule has 1 aliphatic heterocycles. The van der Waals surface area contributed by atoms with Gasteiger partial charge in [0.25, 0.3) is 0 Å². The topological polar surface area (TPSA) is 26.3 Å². The van der Waals surface area contributed by atoms with Crippen LogP contribution < -0.4 is 0 Å². The molecule has 0 amide bonds. The molecule has 2 aliphatic carbocycles. The van der Waals surface area contributed by atoms with Crippen LogP contribution in [0.25, 0.3) is 0 Å². The minimum absolute atomic E-state index is 0.0144. The minimum atomic E-state index is -0.193. The largest absolute Gasteiger partial charge is 0.369 e. The van der Waals surface area contributed by atoms with E-state index in [1.165, 1.54) is 11.1 Å². The van der Waals surface area contributed by atoms with E-state index in [2.05, 4.69) is 12.1 Å². The molecule has 1 saturated heterocycles. The summed E-state index contributed by atoms with van der Waals surface area (Å²) in [6, 6.07) is 8.26. The number of fused-ring (bicyclic) bond motifs is 5. The highest BCUT2D eigenvalue weighted by Crippen LogP contribution is 2.44. The van der Waals surface area contributed by atoms with E-state index >= 15 is 0 Å². The summed E-state index contributed by atoms with van der Waals surface area (Å²) in [4.78, 5) is 11.8. The highest BCUT2D eigenvalue weighted by Gasteiger charge is 2.42. The molecule has 108 valence electrons. The summed E-state index contributed by atoms with van der Waals surface area (Å²) in [7, 11) is 0. The van der Waals surface area contributed by atoms with Crippen LogP contribution in [-0.2, 0) is 16.0 Å². The standard InChI is InChI=1S/C18H17FO2/c19-13-6-5-12-7-11-3-1-2-4-15(11)17-9-14(20)10-21-18(17)16(12)8-13/h1-6,8,12,16-18H,7,9-10H2/t12?,16?,17-,18+/m1/s1. The summed E-state index contributed by atoms with van der Waals surface area (Å²) in [6.07, 6.45) is 6.48. The number of halogens is 1. The van der Waals surface area contributed by atoms with Gasteiger partial charge in [-0.2, -0.15) is 0 Å². The predicted molar refractivity (Wildman–Crippen MR) is 77.6 cm³/mol. The fourth-order valence-electron chi connectivity index (χ4n) is 3.98. The summed E-state index contributed by atoms with van der Waals surface area (Å²) in [5.74, 6) is 0.254. The van der Waals surface area contributed by atoms with Crippen molar-refractivity contribution >= 4 is 5.78 Å². The summed E-state index contributed by atoms with van der Waals surface area (Å²) < 4.78 is 19.6. The fraction of sp³-hybridized carbons (Fsp3) is 0.389. The Balaban J connectivity index is 1.83. The number of ether oxygens (including phenoxy) is 1. The molecule has 21 heavy (non-hydrogen) atoms. The number of benzene rings is 1. The van der Waals surface area contributed by atoms with Crippen molar-refractivity contribution in [3.63, 3.8) is 0 Å². The molecule has 1 heterocycles. The van der Waals surface area contributed by atoms with Gasteiger partial charge in [-0.25, -0.2) is 4.39 Å². The van der Waals surface area contributed by atoms with Gasteiger partial charge in [-0.1, -0.05) is 30.3 Å². The first-order chi connectivity index (χ1) is 10.2. The molecule has 0 saturated carbocycles. The number of hydrogen-bond acceptors (Lipinski definition) is 2. The van der Waals surface area contributed by atoms with Gasteiger partial charge in [0.15, 0.2) is 5.78 Å². The summed E-state index contributed by atoms with van der Waals surface area (Å²) in [6.45, 7) is 0.158. The van der Waals surface area contributed by atoms with Gasteiger partial charge >= 0.3 is 0 Å². The number of hydrogen-bond donors (Lipinski definition) is 0. The van der Waals surface area contributed by atoms with Crippen LogP contribution in [-0.4, -0.2) is 18.5 Å². The molecule has 0 radical (unpaired) electrons. The maximum atomic E-state index is 13.7. The third-order valence-corrected chi connectivity index (χ3v) is 4.92. The van der Waals surface area contributed by atoms with Crippen molar-refractivity contribution < 1.29 is 13.9 Å². The zero-order chi connectivity index (χ0) is 14.4. The van der Waals surface area contributed by atoms with Crippen molar-refractivity contribution in [3.8, 4) is 0 Å². The van der Waals surface area contributed by atoms with E-state index in [9.17, 15) is 9.18 Å². The molecule has 4 rings (SSSR count). The molecule has 1 fully saturated rings. The SMILES string of the molecule is O=C1CO[C@H]2C3C=C(F)C=CC3Cc3ccccc3[C@H]2C1. The number of carbonyl (C=O) groups is 1. The second kappa shape index (κ2) is 4.92. The Bertz CT molecular complexity index is 646. The number of Topliss-reactive ketones (excluding diaryl/α,β-unsaturated/α-hetero) is 1. The highest BCUT2D eigenvalue weighted by molar-refractivity contribution is 5.81. The molecule has 0 spiro atoms. The lowest BCUT2D eigenvalue weighted by Crippen LogP contribution is -2.39. The smallest absolute Gasteiger partial charge is 0.159 e. The van der Waals surface area contributed by atoms with Gasteiger partial charge in [-0.15, -0.1) is 0 Å². The third-order valence-electron chi connectivity index (χ3n) is 4.92. The second-order valence-corrected chi connectivity index (χ2v) is 6.18. The molecule has 4 atom stereocenters. The molecule has 2 nitrogen and oxygen atoms in total. The van der Waals surface area contributed by atoms with Gasteiger partial charge < -0.3 is 4.74 Å². The van der Waals surface area contributed by atoms with Crippen LogP contribution >= 0.6 is 0 Å². The van der Waals surface area contributed by atoms with E-state index in [4.69, 9.17) is 4.74 Å². The van der Waals surface area contributed by atoms with Crippen LogP contribution in [0.3, 0.4) is 0 Å². The molecule has 2 unspecified atom stereocenters. The molecule has 1 aromatic rings.